The van der Waals surface area contributed by atoms with Crippen molar-refractivity contribution in [3.05, 3.63) is 35.9 Å². The Morgan fingerprint density at radius 1 is 0.487 bits per heavy atom. The first-order valence-corrected chi connectivity index (χ1v) is 27.6. The molecule has 0 saturated heterocycles. The molecule has 1 aromatic rings. The van der Waals surface area contributed by atoms with Crippen molar-refractivity contribution in [2.45, 2.75) is 187 Å². The third-order valence-electron chi connectivity index (χ3n) is 12.6. The minimum atomic E-state index is -1.69. The summed E-state index contributed by atoms with van der Waals surface area (Å²) in [6, 6.07) is -3.25. The zero-order valence-electron chi connectivity index (χ0n) is 47.9. The molecule has 26 nitrogen and oxygen atoms in total. The summed E-state index contributed by atoms with van der Waals surface area (Å²) in [4.78, 5) is 147. The van der Waals surface area contributed by atoms with Gasteiger partial charge < -0.3 is 81.0 Å². The first-order valence-electron chi connectivity index (χ1n) is 27.6. The van der Waals surface area contributed by atoms with E-state index in [1.165, 1.54) is 0 Å². The Labute approximate surface area is 470 Å². The predicted molar refractivity (Wildman–Crippen MR) is 299 cm³/mol. The van der Waals surface area contributed by atoms with Crippen molar-refractivity contribution in [1.82, 2.24) is 47.9 Å². The fraction of sp³-hybridized carbons (Fsp3) is 0.685. The summed E-state index contributed by atoms with van der Waals surface area (Å²) in [6.07, 6.45) is 1.49. The van der Waals surface area contributed by atoms with E-state index in [0.717, 1.165) is 0 Å². The van der Waals surface area contributed by atoms with Gasteiger partial charge in [0.15, 0.2) is 0 Å². The SMILES string of the molecule is CC(C)C[C@H](NC(=O)[C@H](CCCCN)NC(=O)[C@H](CCCCN)NC(=O)[C@H](CC(C)C)NC(=O)[C@H](CO)NC(=O)[C@H](Cc1ccccc1)NC(=O)[C@H](CCC(N)=O)NC(=O)[C@@H](N)CC(C)C)C(=O)NCC(=O)N[C@H](C(=O)O)C(C)C. The van der Waals surface area contributed by atoms with Crippen LogP contribution in [0.25, 0.3) is 0 Å². The second kappa shape index (κ2) is 38.0. The number of nitrogens with two attached hydrogens (primary N) is 4. The van der Waals surface area contributed by atoms with E-state index in [9.17, 15) is 63.0 Å². The molecule has 1 rings (SSSR count). The molecule has 452 valence electrons. The molecule has 10 amide bonds. The van der Waals surface area contributed by atoms with Crippen molar-refractivity contribution in [2.24, 2.45) is 46.6 Å². The standard InChI is InChI=1S/C54H93N13O13/c1-30(2)24-35(57)46(71)60-38(20-21-43(58)69)50(75)65-41(27-34-16-10-9-11-17-34)52(77)66-42(29-68)53(78)64-40(26-32(5)6)51(76)62-36(18-12-14-22-55)48(73)61-37(19-13-15-23-56)49(74)63-39(25-31(3)4)47(72)59-28-44(70)67-45(33(7)8)54(79)80/h9-11,16-17,30-33,35-42,45,68H,12-15,18-29,55-57H2,1-8H3,(H2,58,69)(H,59,72)(H,60,71)(H,61,73)(H,62,76)(H,63,74)(H,64,78)(H,65,75)(H,66,77)(H,67,70)(H,79,80)/t35-,36-,37-,38-,39-,40-,41-,42-,45-/m0/s1. The van der Waals surface area contributed by atoms with Crippen molar-refractivity contribution in [2.75, 3.05) is 26.2 Å². The Bertz CT molecular complexity index is 2170. The quantitative estimate of drug-likeness (QED) is 0.0315. The number of benzene rings is 1. The number of primary amides is 1. The molecule has 1 aromatic carbocycles. The maximum Gasteiger partial charge on any atom is 0.326 e. The number of nitrogens with one attached hydrogen (secondary N) is 9. The van der Waals surface area contributed by atoms with Gasteiger partial charge >= 0.3 is 5.97 Å². The van der Waals surface area contributed by atoms with E-state index >= 15 is 0 Å². The van der Waals surface area contributed by atoms with Crippen molar-refractivity contribution in [3.63, 3.8) is 0 Å². The third kappa shape index (κ3) is 28.4. The van der Waals surface area contributed by atoms with Crippen LogP contribution in [0, 0.1) is 23.7 Å². The minimum absolute atomic E-state index is 0.00961. The number of hydrogen-bond donors (Lipinski definition) is 15. The van der Waals surface area contributed by atoms with Crippen LogP contribution < -0.4 is 70.8 Å². The molecule has 0 spiro atoms. The van der Waals surface area contributed by atoms with Crippen LogP contribution in [0.5, 0.6) is 0 Å². The Morgan fingerprint density at radius 2 is 0.887 bits per heavy atom. The Morgan fingerprint density at radius 3 is 1.32 bits per heavy atom. The monoisotopic (exact) mass is 1130 g/mol. The molecule has 0 saturated carbocycles. The molecule has 0 heterocycles. The van der Waals surface area contributed by atoms with Gasteiger partial charge in [0.25, 0.3) is 0 Å². The van der Waals surface area contributed by atoms with E-state index in [1.54, 1.807) is 71.9 Å². The van der Waals surface area contributed by atoms with Gasteiger partial charge in [0, 0.05) is 12.8 Å². The zero-order valence-corrected chi connectivity index (χ0v) is 47.9. The molecule has 0 aromatic heterocycles. The number of aliphatic carboxylic acids is 1. The Balaban J connectivity index is 3.47. The Hall–Kier alpha value is -6.77. The number of amides is 10. The minimum Gasteiger partial charge on any atom is -0.480 e. The summed E-state index contributed by atoms with van der Waals surface area (Å²) >= 11 is 0. The first-order chi connectivity index (χ1) is 37.6. The average molecular weight is 1130 g/mol. The van der Waals surface area contributed by atoms with Crippen molar-refractivity contribution < 1.29 is 63.0 Å². The molecule has 19 N–H and O–H groups in total. The lowest BCUT2D eigenvalue weighted by Gasteiger charge is -2.28. The van der Waals surface area contributed by atoms with Gasteiger partial charge in [-0.1, -0.05) is 85.7 Å². The van der Waals surface area contributed by atoms with Gasteiger partial charge in [0.05, 0.1) is 19.2 Å². The number of aliphatic hydroxyl groups excluding tert-OH is 1. The van der Waals surface area contributed by atoms with Gasteiger partial charge in [-0.05, 0) is 107 Å². The second-order valence-electron chi connectivity index (χ2n) is 21.7. The highest BCUT2D eigenvalue weighted by atomic mass is 16.4. The summed E-state index contributed by atoms with van der Waals surface area (Å²) in [5, 5.41) is 43.1. The maximum atomic E-state index is 14.3. The van der Waals surface area contributed by atoms with Crippen molar-refractivity contribution in [1.29, 1.82) is 0 Å². The largest absolute Gasteiger partial charge is 0.480 e. The van der Waals surface area contributed by atoms with Crippen LogP contribution in [0.1, 0.15) is 132 Å². The van der Waals surface area contributed by atoms with Gasteiger partial charge in [-0.15, -0.1) is 0 Å². The molecule has 9 atom stereocenters. The number of aliphatic hydroxyl groups is 1. The summed E-state index contributed by atoms with van der Waals surface area (Å²) in [5.74, 6) is -10.1. The summed E-state index contributed by atoms with van der Waals surface area (Å²) in [6.45, 7) is 13.0. The van der Waals surface area contributed by atoms with Crippen molar-refractivity contribution >= 4 is 65.0 Å². The van der Waals surface area contributed by atoms with Crippen LogP contribution in [0.4, 0.5) is 0 Å². The van der Waals surface area contributed by atoms with E-state index in [0.29, 0.717) is 31.2 Å². The topological polar surface area (TPSA) is 441 Å². The number of rotatable bonds is 40. The lowest BCUT2D eigenvalue weighted by atomic mass is 10.0. The number of carbonyl (C=O) groups is 11. The molecule has 26 heteroatoms. The molecule has 0 aliphatic heterocycles. The molecule has 80 heavy (non-hydrogen) atoms. The average Bonchev–Trinajstić information content (AvgIpc) is 3.37. The summed E-state index contributed by atoms with van der Waals surface area (Å²) in [5.41, 5.74) is 23.5. The van der Waals surface area contributed by atoms with E-state index < -0.39 is 138 Å². The lowest BCUT2D eigenvalue weighted by molar-refractivity contribution is -0.143. The molecule has 0 unspecified atom stereocenters. The van der Waals surface area contributed by atoms with Crippen molar-refractivity contribution in [3.8, 4) is 0 Å². The predicted octanol–water partition coefficient (Wildman–Crippen LogP) is -2.05. The molecule has 0 aliphatic rings. The van der Waals surface area contributed by atoms with Crippen LogP contribution in [0.3, 0.4) is 0 Å². The van der Waals surface area contributed by atoms with Crippen LogP contribution in [-0.4, -0.2) is 156 Å². The smallest absolute Gasteiger partial charge is 0.326 e. The molecular weight excluding hydrogens is 1040 g/mol. The highest BCUT2D eigenvalue weighted by Gasteiger charge is 2.35. The Kier molecular flexibility index (Phi) is 33.8. The third-order valence-corrected chi connectivity index (χ3v) is 12.6. The maximum absolute atomic E-state index is 14.3. The van der Waals surface area contributed by atoms with E-state index in [2.05, 4.69) is 47.9 Å². The van der Waals surface area contributed by atoms with Gasteiger partial charge in [-0.3, -0.25) is 47.9 Å². The summed E-state index contributed by atoms with van der Waals surface area (Å²) in [7, 11) is 0. The van der Waals surface area contributed by atoms with Gasteiger partial charge in [-0.2, -0.15) is 0 Å². The van der Waals surface area contributed by atoms with Crippen LogP contribution >= 0.6 is 0 Å². The second-order valence-corrected chi connectivity index (χ2v) is 21.7. The fourth-order valence-electron chi connectivity index (χ4n) is 8.29. The van der Waals surface area contributed by atoms with E-state index in [4.69, 9.17) is 22.9 Å². The van der Waals surface area contributed by atoms with Gasteiger partial charge in [0.2, 0.25) is 59.1 Å². The lowest BCUT2D eigenvalue weighted by Crippen LogP contribution is -2.61. The number of carboxylic acid groups (broad SMARTS) is 1. The van der Waals surface area contributed by atoms with Crippen LogP contribution in [0.15, 0.2) is 30.3 Å². The van der Waals surface area contributed by atoms with Gasteiger partial charge in [0.1, 0.15) is 48.3 Å². The fourth-order valence-corrected chi connectivity index (χ4v) is 8.29. The van der Waals surface area contributed by atoms with Crippen LogP contribution in [0.2, 0.25) is 0 Å². The zero-order chi connectivity index (χ0) is 60.6. The molecule has 0 fully saturated rings. The molecular formula is C54H93N13O13. The molecule has 0 bridgehead atoms. The highest BCUT2D eigenvalue weighted by molar-refractivity contribution is 5.98. The van der Waals surface area contributed by atoms with Gasteiger partial charge in [-0.25, -0.2) is 4.79 Å². The molecule has 0 aliphatic carbocycles. The normalized spacial score (nSPS) is 14.7. The number of unbranched alkanes of at least 4 members (excludes halogenated alkanes) is 2. The summed E-state index contributed by atoms with van der Waals surface area (Å²) < 4.78 is 0. The highest BCUT2D eigenvalue weighted by Crippen LogP contribution is 2.13. The number of hydrogen-bond acceptors (Lipinski definition) is 15. The molecule has 0 radical (unpaired) electrons. The van der Waals surface area contributed by atoms with E-state index in [1.807, 2.05) is 13.8 Å². The number of carbonyl (C=O) groups excluding carboxylic acids is 10. The van der Waals surface area contributed by atoms with Crippen LogP contribution in [-0.2, 0) is 59.2 Å². The number of carboxylic acids is 1. The first kappa shape index (κ1) is 71.2. The van der Waals surface area contributed by atoms with E-state index in [-0.39, 0.29) is 82.2 Å².